The van der Waals surface area contributed by atoms with Crippen molar-refractivity contribution in [1.29, 1.82) is 0 Å². The Hall–Kier alpha value is -2.56. The first-order chi connectivity index (χ1) is 10.6. The number of anilines is 1. The summed E-state index contributed by atoms with van der Waals surface area (Å²) in [6, 6.07) is 10.7. The highest BCUT2D eigenvalue weighted by atomic mass is 16.1. The largest absolute Gasteiger partial charge is 0.344 e. The van der Waals surface area contributed by atoms with Crippen LogP contribution in [0, 0.1) is 0 Å². The molecule has 0 atom stereocenters. The maximum atomic E-state index is 11.5. The van der Waals surface area contributed by atoms with Gasteiger partial charge in [-0.2, -0.15) is 5.10 Å². The van der Waals surface area contributed by atoms with Gasteiger partial charge in [0, 0.05) is 41.2 Å². The first-order valence-electron chi connectivity index (χ1n) is 7.61. The van der Waals surface area contributed by atoms with Crippen molar-refractivity contribution in [1.82, 2.24) is 14.3 Å². The van der Waals surface area contributed by atoms with Gasteiger partial charge in [-0.1, -0.05) is 18.2 Å². The number of aromatic nitrogens is 3. The van der Waals surface area contributed by atoms with Gasteiger partial charge in [0.1, 0.15) is 5.82 Å². The maximum absolute atomic E-state index is 11.5. The Kier molecular flexibility index (Phi) is 2.82. The van der Waals surface area contributed by atoms with E-state index in [1.54, 1.807) is 0 Å². The second kappa shape index (κ2) is 4.73. The molecule has 1 amide bonds. The van der Waals surface area contributed by atoms with E-state index < -0.39 is 0 Å². The summed E-state index contributed by atoms with van der Waals surface area (Å²) in [7, 11) is 0. The molecule has 0 saturated heterocycles. The van der Waals surface area contributed by atoms with Crippen molar-refractivity contribution in [3.8, 4) is 11.3 Å². The SMILES string of the molecule is CC(C)n1cc(-c2cc3n(n2)CCC(=O)N3)c2ccccc21. The number of benzene rings is 1. The third-order valence-corrected chi connectivity index (χ3v) is 4.17. The van der Waals surface area contributed by atoms with Crippen LogP contribution < -0.4 is 5.32 Å². The Morgan fingerprint density at radius 1 is 1.27 bits per heavy atom. The van der Waals surface area contributed by atoms with Crippen LogP contribution in [0.15, 0.2) is 36.5 Å². The van der Waals surface area contributed by atoms with Gasteiger partial charge in [0.25, 0.3) is 0 Å². The number of nitrogens with one attached hydrogen (secondary N) is 1. The molecule has 3 heterocycles. The minimum atomic E-state index is 0.0589. The van der Waals surface area contributed by atoms with Gasteiger partial charge in [0.2, 0.25) is 5.91 Å². The number of amides is 1. The minimum absolute atomic E-state index is 0.0589. The van der Waals surface area contributed by atoms with Crippen LogP contribution in [0.4, 0.5) is 5.82 Å². The van der Waals surface area contributed by atoms with Crippen molar-refractivity contribution in [2.45, 2.75) is 32.9 Å². The zero-order valence-electron chi connectivity index (χ0n) is 12.7. The summed E-state index contributed by atoms with van der Waals surface area (Å²) in [4.78, 5) is 11.5. The Labute approximate surface area is 128 Å². The third kappa shape index (κ3) is 1.93. The van der Waals surface area contributed by atoms with Gasteiger partial charge in [-0.3, -0.25) is 4.79 Å². The minimum Gasteiger partial charge on any atom is -0.344 e. The Bertz CT molecular complexity index is 872. The fourth-order valence-corrected chi connectivity index (χ4v) is 3.07. The van der Waals surface area contributed by atoms with Crippen LogP contribution in [-0.4, -0.2) is 20.3 Å². The third-order valence-electron chi connectivity index (χ3n) is 4.17. The van der Waals surface area contributed by atoms with Gasteiger partial charge in [-0.15, -0.1) is 0 Å². The molecule has 2 aromatic heterocycles. The molecule has 5 nitrogen and oxygen atoms in total. The van der Waals surface area contributed by atoms with Crippen LogP contribution in [0.3, 0.4) is 0 Å². The van der Waals surface area contributed by atoms with E-state index in [4.69, 9.17) is 0 Å². The predicted octanol–water partition coefficient (Wildman–Crippen LogP) is 3.43. The zero-order chi connectivity index (χ0) is 15.3. The van der Waals surface area contributed by atoms with Crippen molar-refractivity contribution in [2.75, 3.05) is 5.32 Å². The summed E-state index contributed by atoms with van der Waals surface area (Å²) < 4.78 is 4.14. The lowest BCUT2D eigenvalue weighted by Gasteiger charge is -2.13. The standard InChI is InChI=1S/C17H18N4O/c1-11(2)20-10-13(12-5-3-4-6-15(12)20)14-9-16-18-17(22)7-8-21(16)19-14/h3-6,9-11H,7-8H2,1-2H3,(H,18,22). The molecular formula is C17H18N4O. The van der Waals surface area contributed by atoms with Gasteiger partial charge >= 0.3 is 0 Å². The molecule has 22 heavy (non-hydrogen) atoms. The van der Waals surface area contributed by atoms with Crippen molar-refractivity contribution >= 4 is 22.6 Å². The summed E-state index contributed by atoms with van der Waals surface area (Å²) in [5.74, 6) is 0.844. The van der Waals surface area contributed by atoms with Gasteiger partial charge in [-0.25, -0.2) is 4.68 Å². The lowest BCUT2D eigenvalue weighted by molar-refractivity contribution is -0.116. The number of carbonyl (C=O) groups excluding carboxylic acids is 1. The lowest BCUT2D eigenvalue weighted by Crippen LogP contribution is -2.23. The Morgan fingerprint density at radius 3 is 2.91 bits per heavy atom. The van der Waals surface area contributed by atoms with E-state index in [0.717, 1.165) is 17.1 Å². The van der Waals surface area contributed by atoms with Gasteiger partial charge in [0.15, 0.2) is 0 Å². The normalized spacial score (nSPS) is 14.4. The first-order valence-corrected chi connectivity index (χ1v) is 7.61. The van der Waals surface area contributed by atoms with Gasteiger partial charge in [0.05, 0.1) is 12.2 Å². The fourth-order valence-electron chi connectivity index (χ4n) is 3.07. The van der Waals surface area contributed by atoms with Crippen molar-refractivity contribution < 1.29 is 4.79 Å². The molecule has 5 heteroatoms. The number of rotatable bonds is 2. The maximum Gasteiger partial charge on any atom is 0.227 e. The summed E-state index contributed by atoms with van der Waals surface area (Å²) in [6.07, 6.45) is 2.65. The molecule has 0 fully saturated rings. The van der Waals surface area contributed by atoms with Crippen LogP contribution in [0.1, 0.15) is 26.3 Å². The number of hydrogen-bond acceptors (Lipinski definition) is 2. The molecule has 112 valence electrons. The zero-order valence-corrected chi connectivity index (χ0v) is 12.7. The van der Waals surface area contributed by atoms with Gasteiger partial charge < -0.3 is 9.88 Å². The molecule has 0 aliphatic carbocycles. The Morgan fingerprint density at radius 2 is 2.09 bits per heavy atom. The molecule has 1 aromatic carbocycles. The highest BCUT2D eigenvalue weighted by molar-refractivity contribution is 5.97. The molecule has 3 aromatic rings. The van der Waals surface area contributed by atoms with Crippen LogP contribution in [0.2, 0.25) is 0 Å². The van der Waals surface area contributed by atoms with Crippen LogP contribution in [0.5, 0.6) is 0 Å². The fraction of sp³-hybridized carbons (Fsp3) is 0.294. The van der Waals surface area contributed by atoms with Crippen LogP contribution in [0.25, 0.3) is 22.2 Å². The van der Waals surface area contributed by atoms with E-state index in [1.165, 1.54) is 10.9 Å². The monoisotopic (exact) mass is 294 g/mol. The van der Waals surface area contributed by atoms with E-state index in [9.17, 15) is 4.79 Å². The smallest absolute Gasteiger partial charge is 0.227 e. The lowest BCUT2D eigenvalue weighted by atomic mass is 10.1. The number of hydrogen-bond donors (Lipinski definition) is 1. The number of fused-ring (bicyclic) bond motifs is 2. The molecular weight excluding hydrogens is 276 g/mol. The molecule has 1 aliphatic rings. The molecule has 0 saturated carbocycles. The molecule has 4 rings (SSSR count). The molecule has 1 aliphatic heterocycles. The molecule has 0 unspecified atom stereocenters. The molecule has 0 bridgehead atoms. The molecule has 0 radical (unpaired) electrons. The second-order valence-electron chi connectivity index (χ2n) is 6.00. The van der Waals surface area contributed by atoms with Crippen molar-refractivity contribution in [2.24, 2.45) is 0 Å². The summed E-state index contributed by atoms with van der Waals surface area (Å²) in [6.45, 7) is 4.99. The summed E-state index contributed by atoms with van der Waals surface area (Å²) >= 11 is 0. The van der Waals surface area contributed by atoms with Crippen molar-refractivity contribution in [3.63, 3.8) is 0 Å². The van der Waals surface area contributed by atoms with Crippen molar-refractivity contribution in [3.05, 3.63) is 36.5 Å². The highest BCUT2D eigenvalue weighted by Gasteiger charge is 2.20. The van der Waals surface area contributed by atoms with E-state index in [1.807, 2.05) is 16.8 Å². The predicted molar refractivity (Wildman–Crippen MR) is 86.8 cm³/mol. The van der Waals surface area contributed by atoms with Crippen LogP contribution in [-0.2, 0) is 11.3 Å². The topological polar surface area (TPSA) is 51.9 Å². The van der Waals surface area contributed by atoms with E-state index in [0.29, 0.717) is 19.0 Å². The summed E-state index contributed by atoms with van der Waals surface area (Å²) in [5.41, 5.74) is 3.23. The Balaban J connectivity index is 1.90. The average molecular weight is 294 g/mol. The second-order valence-corrected chi connectivity index (χ2v) is 6.00. The van der Waals surface area contributed by atoms with E-state index in [2.05, 4.69) is 53.2 Å². The highest BCUT2D eigenvalue weighted by Crippen LogP contribution is 2.33. The van der Waals surface area contributed by atoms with E-state index in [-0.39, 0.29) is 5.91 Å². The first kappa shape index (κ1) is 13.1. The molecule has 0 spiro atoms. The number of aryl methyl sites for hydroxylation is 1. The number of nitrogens with zero attached hydrogens (tertiary/aromatic N) is 3. The number of carbonyl (C=O) groups is 1. The quantitative estimate of drug-likeness (QED) is 0.787. The molecule has 1 N–H and O–H groups in total. The van der Waals surface area contributed by atoms with E-state index >= 15 is 0 Å². The summed E-state index contributed by atoms with van der Waals surface area (Å²) in [5, 5.41) is 8.74. The van der Waals surface area contributed by atoms with Gasteiger partial charge in [-0.05, 0) is 19.9 Å². The average Bonchev–Trinajstić information content (AvgIpc) is 3.07. The van der Waals surface area contributed by atoms with Crippen LogP contribution >= 0.6 is 0 Å². The number of para-hydroxylation sites is 1.